The second-order valence-corrected chi connectivity index (χ2v) is 37.5. The average Bonchev–Trinajstić information content (AvgIpc) is 0.998. The van der Waals surface area contributed by atoms with Crippen molar-refractivity contribution in [3.63, 3.8) is 0 Å². The molecule has 0 fully saturated rings. The van der Waals surface area contributed by atoms with Crippen molar-refractivity contribution < 1.29 is 115 Å². The number of rotatable bonds is 18. The van der Waals surface area contributed by atoms with Gasteiger partial charge in [-0.1, -0.05) is 247 Å². The maximum absolute atomic E-state index is 14.2. The first-order valence-corrected chi connectivity index (χ1v) is 41.9. The average molecular weight is 1710 g/mol. The van der Waals surface area contributed by atoms with Gasteiger partial charge in [0.1, 0.15) is 53.7 Å². The topological polar surface area (TPSA) is 17.6 Å². The van der Waals surface area contributed by atoms with Gasteiger partial charge in [0, 0.05) is 44.5 Å². The summed E-state index contributed by atoms with van der Waals surface area (Å²) in [6, 6.07) is 19.3. The molecule has 2 heterocycles. The van der Waals surface area contributed by atoms with Gasteiger partial charge in [0.25, 0.3) is 0 Å². The van der Waals surface area contributed by atoms with E-state index in [0.29, 0.717) is 56.0 Å². The molecule has 0 amide bonds. The van der Waals surface area contributed by atoms with Crippen LogP contribution in [0.3, 0.4) is 0 Å². The Hall–Kier alpha value is -9.00. The van der Waals surface area contributed by atoms with Gasteiger partial charge in [0.15, 0.2) is 0 Å². The normalized spacial score (nSPS) is 13.4. The van der Waals surface area contributed by atoms with Gasteiger partial charge < -0.3 is 0 Å². The smallest absolute Gasteiger partial charge is 0.296 e. The fraction of sp³-hybridized carbons (Fsp3) is 0.379. The van der Waals surface area contributed by atoms with Crippen LogP contribution in [0.4, 0.5) is 105 Å². The van der Waals surface area contributed by atoms with Gasteiger partial charge in [-0.25, -0.2) is 18.3 Å². The Bertz CT molecular complexity index is 4640. The predicted molar refractivity (Wildman–Crippen MR) is 414 cm³/mol. The van der Waals surface area contributed by atoms with Gasteiger partial charge in [-0.05, 0) is 71.6 Å². The monoisotopic (exact) mass is 1710 g/mol. The minimum Gasteiger partial charge on any atom is -0.296 e. The summed E-state index contributed by atoms with van der Waals surface area (Å²) >= 11 is 0. The molecular weight excluding hydrogens is 1620 g/mol. The molecule has 0 bridgehead atoms. The van der Waals surface area contributed by atoms with Gasteiger partial charge in [-0.3, -0.25) is 8.61 Å². The van der Waals surface area contributed by atoms with Crippen LogP contribution in [0.25, 0.3) is 22.7 Å². The second-order valence-electron chi connectivity index (χ2n) is 32.1. The lowest BCUT2D eigenvalue weighted by Gasteiger charge is -2.46. The first-order valence-electron chi connectivity index (χ1n) is 37.9. The number of imidazole rings is 2. The van der Waals surface area contributed by atoms with Crippen LogP contribution in [0, 0.1) is 0 Å². The lowest BCUT2D eigenvalue weighted by molar-refractivity contribution is -0.577. The fourth-order valence-electron chi connectivity index (χ4n) is 15.4. The van der Waals surface area contributed by atoms with Gasteiger partial charge in [0.2, 0.25) is 5.45 Å². The Morgan fingerprint density at radius 2 is 0.475 bits per heavy atom. The van der Waals surface area contributed by atoms with E-state index >= 15 is 0 Å². The zero-order valence-corrected chi connectivity index (χ0v) is 69.2. The van der Waals surface area contributed by atoms with Crippen molar-refractivity contribution in [3.8, 4) is 22.7 Å². The van der Waals surface area contributed by atoms with E-state index in [0.717, 1.165) is 0 Å². The Kier molecular flexibility index (Phi) is 26.7. The highest BCUT2D eigenvalue weighted by molar-refractivity contribution is 7.20. The van der Waals surface area contributed by atoms with E-state index in [9.17, 15) is 105 Å². The van der Waals surface area contributed by atoms with Crippen LogP contribution >= 0.6 is 0 Å². The lowest BCUT2D eigenvalue weighted by Crippen LogP contribution is -2.75. The summed E-state index contributed by atoms with van der Waals surface area (Å²) in [5.74, 6) is 3.04. The molecule has 0 saturated heterocycles. The quantitative estimate of drug-likeness (QED) is 0.0463. The standard InChI is InChI=1S/C55H75N4Si2.C32H12BF24/c1-34(2)42-22-18-23-43(35(3)4)50(42)56-30-31-57(51-44(36(5)6)24-19-25-45(51)37(7)8)54(56)60-61(17)55-58(52-46(38(9)10)26-20-27-47(52)39(11)12)32-33-59(55)53-48(40(13)14)28-21-29-49(53)41(15)16;34-25(35,36)13-1-14(26(37,38)39)6-21(5-13)33(22-7-15(27(40,41)42)2-16(8-22)28(43,44)45,23-9-17(29(46,47)48)3-18(10-23)30(49,50)51)24-11-19(31(52,53)54)4-20(12-24)32(55,56)57/h18-41H,1-17H3;1-12H/q+1;-1. The molecule has 4 nitrogen and oxygen atoms in total. The van der Waals surface area contributed by atoms with Crippen LogP contribution in [0.5, 0.6) is 0 Å². The zero-order valence-electron chi connectivity index (χ0n) is 67.2. The summed E-state index contributed by atoms with van der Waals surface area (Å²) in [6.07, 6.45) is -45.2. The summed E-state index contributed by atoms with van der Waals surface area (Å²) in [6.45, 7) is 40.3. The highest BCUT2D eigenvalue weighted by Gasteiger charge is 2.48. The minimum atomic E-state index is -6.13. The SMILES string of the molecule is CC(C)c1cccc(C(C)C)c1-n1cc[n+](-c2c(C(C)C)cccc2C(C)C)c1[Si-]=[Si](C)c1n(-c2c(C(C)C)cccc2C(C)C)cc[n+]1-c1c(C(C)C)cccc1C(C)C.FC(F)(F)c1cc([B-](c2cc(C(F)(F)F)cc(C(F)(F)F)c2)(c2cc(C(F)(F)F)cc(C(F)(F)F)c2)c2cc(C(F)(F)F)cc(C(F)(F)F)c2)cc(C(F)(F)F)c1. The summed E-state index contributed by atoms with van der Waals surface area (Å²) in [4.78, 5) is 0. The van der Waals surface area contributed by atoms with E-state index < -0.39 is 203 Å². The molecule has 0 saturated carbocycles. The maximum atomic E-state index is 14.2. The molecule has 10 aromatic rings. The number of benzene rings is 8. The number of aromatic nitrogens is 4. The first-order chi connectivity index (χ1) is 54.1. The van der Waals surface area contributed by atoms with Crippen molar-refractivity contribution in [3.05, 3.63) is 259 Å². The summed E-state index contributed by atoms with van der Waals surface area (Å²) < 4.78 is 351. The number of hydrogen-bond donors (Lipinski definition) is 0. The Balaban J connectivity index is 0.000000270. The molecular formula is C87H87BF24N4Si2. The van der Waals surface area contributed by atoms with E-state index in [1.165, 1.54) is 78.2 Å². The third-order valence-electron chi connectivity index (χ3n) is 21.1. The molecule has 0 spiro atoms. The van der Waals surface area contributed by atoms with E-state index in [1.807, 2.05) is 0 Å². The van der Waals surface area contributed by atoms with Crippen molar-refractivity contribution >= 4 is 55.4 Å². The molecule has 0 aliphatic rings. The molecule has 0 unspecified atom stereocenters. The molecule has 10 rings (SSSR count). The van der Waals surface area contributed by atoms with Crippen molar-refractivity contribution in [2.75, 3.05) is 0 Å². The molecule has 0 radical (unpaired) electrons. The molecule has 634 valence electrons. The van der Waals surface area contributed by atoms with Crippen molar-refractivity contribution in [2.45, 2.75) is 214 Å². The number of hydrogen-bond acceptors (Lipinski definition) is 0. The molecule has 2 aromatic heterocycles. The number of nitrogens with zero attached hydrogens (tertiary/aromatic N) is 4. The Morgan fingerprint density at radius 3 is 0.695 bits per heavy atom. The lowest BCUT2D eigenvalue weighted by atomic mass is 9.12. The molecule has 8 aromatic carbocycles. The molecule has 31 heteroatoms. The van der Waals surface area contributed by atoms with Crippen LogP contribution in [-0.4, -0.2) is 31.8 Å². The van der Waals surface area contributed by atoms with Crippen LogP contribution in [0.15, 0.2) is 170 Å². The number of para-hydroxylation sites is 4. The van der Waals surface area contributed by atoms with E-state index in [-0.39, 0.29) is 0 Å². The third-order valence-corrected chi connectivity index (χ3v) is 25.8. The highest BCUT2D eigenvalue weighted by Crippen LogP contribution is 2.44. The van der Waals surface area contributed by atoms with Crippen molar-refractivity contribution in [2.24, 2.45) is 0 Å². The van der Waals surface area contributed by atoms with Crippen molar-refractivity contribution in [1.29, 1.82) is 0 Å². The Morgan fingerprint density at radius 1 is 0.280 bits per heavy atom. The van der Waals surface area contributed by atoms with Gasteiger partial charge in [-0.15, -0.1) is 0 Å². The third kappa shape index (κ3) is 19.4. The first kappa shape index (κ1) is 92.9. The van der Waals surface area contributed by atoms with Crippen LogP contribution in [0.1, 0.15) is 247 Å². The number of halogens is 24. The minimum absolute atomic E-state index is 0.379. The molecule has 118 heavy (non-hydrogen) atoms. The van der Waals surface area contributed by atoms with Gasteiger partial charge in [0.05, 0.1) is 50.0 Å². The summed E-state index contributed by atoms with van der Waals surface area (Å²) in [5.41, 5.74) is -10.7. The fourth-order valence-corrected chi connectivity index (χ4v) is 20.4. The van der Waals surface area contributed by atoms with Crippen molar-refractivity contribution in [1.82, 2.24) is 9.13 Å². The largest absolute Gasteiger partial charge is 0.416 e. The Labute approximate surface area is 672 Å². The van der Waals surface area contributed by atoms with E-state index in [4.69, 9.17) is 0 Å². The molecule has 0 atom stereocenters. The van der Waals surface area contributed by atoms with Crippen LogP contribution in [0.2, 0.25) is 6.55 Å². The molecule has 0 aliphatic heterocycles. The summed E-state index contributed by atoms with van der Waals surface area (Å²) in [7, 11) is -0.805. The van der Waals surface area contributed by atoms with Crippen LogP contribution < -0.4 is 41.9 Å². The number of alkyl halides is 24. The van der Waals surface area contributed by atoms with Crippen LogP contribution in [-0.2, 0) is 49.4 Å². The highest BCUT2D eigenvalue weighted by atomic mass is 28.9. The molecule has 0 aliphatic carbocycles. The van der Waals surface area contributed by atoms with E-state index in [1.54, 1.807) is 0 Å². The predicted octanol–water partition coefficient (Wildman–Crippen LogP) is 23.9. The maximum Gasteiger partial charge on any atom is 0.416 e. The van der Waals surface area contributed by atoms with E-state index in [2.05, 4.69) is 233 Å². The zero-order chi connectivity index (χ0) is 88.5. The van der Waals surface area contributed by atoms with Gasteiger partial charge in [-0.2, -0.15) is 127 Å². The summed E-state index contributed by atoms with van der Waals surface area (Å²) in [5, 5.41) is 0. The second kappa shape index (κ2) is 33.9. The molecule has 0 N–H and O–H groups in total. The van der Waals surface area contributed by atoms with Gasteiger partial charge >= 0.3 is 49.4 Å².